The van der Waals surface area contributed by atoms with Gasteiger partial charge in [0.15, 0.2) is 0 Å². The van der Waals surface area contributed by atoms with Gasteiger partial charge in [0, 0.05) is 19.1 Å². The summed E-state index contributed by atoms with van der Waals surface area (Å²) in [7, 11) is 1.65. The Labute approximate surface area is 127 Å². The maximum absolute atomic E-state index is 10.2. The predicted molar refractivity (Wildman–Crippen MR) is 83.5 cm³/mol. The van der Waals surface area contributed by atoms with Crippen molar-refractivity contribution in [3.8, 4) is 5.75 Å². The van der Waals surface area contributed by atoms with Crippen LogP contribution < -0.4 is 10.1 Å². The van der Waals surface area contributed by atoms with Crippen LogP contribution in [0.3, 0.4) is 0 Å². The first-order valence-electron chi connectivity index (χ1n) is 8.03. The van der Waals surface area contributed by atoms with E-state index in [9.17, 15) is 5.11 Å². The zero-order valence-electron chi connectivity index (χ0n) is 12.8. The molecule has 0 bridgehead atoms. The predicted octanol–water partition coefficient (Wildman–Crippen LogP) is 1.80. The molecule has 0 spiro atoms. The molecule has 3 rings (SSSR count). The fourth-order valence-corrected chi connectivity index (χ4v) is 3.17. The number of nitrogens with zero attached hydrogens (tertiary/aromatic N) is 1. The molecule has 4 heteroatoms. The largest absolute Gasteiger partial charge is 0.497 e. The van der Waals surface area contributed by atoms with Crippen molar-refractivity contribution in [2.45, 2.75) is 31.4 Å². The van der Waals surface area contributed by atoms with Crippen LogP contribution in [0.5, 0.6) is 5.75 Å². The number of ether oxygens (including phenoxy) is 1. The van der Waals surface area contributed by atoms with Crippen LogP contribution in [0.15, 0.2) is 24.3 Å². The number of methoxy groups -OCH3 is 1. The van der Waals surface area contributed by atoms with E-state index in [1.807, 2.05) is 24.3 Å². The molecule has 1 aliphatic heterocycles. The number of benzene rings is 1. The first-order valence-corrected chi connectivity index (χ1v) is 8.03. The second-order valence-electron chi connectivity index (χ2n) is 6.33. The highest BCUT2D eigenvalue weighted by molar-refractivity contribution is 5.28. The lowest BCUT2D eigenvalue weighted by Crippen LogP contribution is -2.30. The maximum Gasteiger partial charge on any atom is 0.118 e. The van der Waals surface area contributed by atoms with Gasteiger partial charge in [0.2, 0.25) is 0 Å². The lowest BCUT2D eigenvalue weighted by molar-refractivity contribution is 0.172. The normalized spacial score (nSPS) is 24.2. The maximum atomic E-state index is 10.2. The number of rotatable bonds is 7. The van der Waals surface area contributed by atoms with E-state index >= 15 is 0 Å². The van der Waals surface area contributed by atoms with Gasteiger partial charge < -0.3 is 20.1 Å². The number of likely N-dealkylation sites (tertiary alicyclic amines) is 1. The van der Waals surface area contributed by atoms with Crippen molar-refractivity contribution in [2.75, 3.05) is 33.3 Å². The standard InChI is InChI=1S/C17H26N2O2/c1-21-16-6-2-14(3-7-16)17(20)11-18-10-13-8-9-19(12-13)15-4-5-15/h2-3,6-7,13,15,17-18,20H,4-5,8-12H2,1H3. The minimum atomic E-state index is -0.447. The highest BCUT2D eigenvalue weighted by Crippen LogP contribution is 2.31. The van der Waals surface area contributed by atoms with E-state index in [4.69, 9.17) is 4.74 Å². The third-order valence-electron chi connectivity index (χ3n) is 4.65. The Bertz CT molecular complexity index is 445. The van der Waals surface area contributed by atoms with Gasteiger partial charge >= 0.3 is 0 Å². The summed E-state index contributed by atoms with van der Waals surface area (Å²) in [4.78, 5) is 2.63. The molecule has 0 amide bonds. The first-order chi connectivity index (χ1) is 10.3. The smallest absolute Gasteiger partial charge is 0.118 e. The number of hydrogen-bond acceptors (Lipinski definition) is 4. The Balaban J connectivity index is 1.38. The highest BCUT2D eigenvalue weighted by Gasteiger charge is 2.34. The van der Waals surface area contributed by atoms with Gasteiger partial charge in [0.1, 0.15) is 5.75 Å². The van der Waals surface area contributed by atoms with Crippen LogP contribution in [-0.4, -0.2) is 49.3 Å². The quantitative estimate of drug-likeness (QED) is 0.804. The number of hydrogen-bond donors (Lipinski definition) is 2. The molecular formula is C17H26N2O2. The second-order valence-corrected chi connectivity index (χ2v) is 6.33. The Morgan fingerprint density at radius 1 is 1.29 bits per heavy atom. The van der Waals surface area contributed by atoms with Crippen molar-refractivity contribution in [2.24, 2.45) is 5.92 Å². The molecule has 1 aromatic carbocycles. The van der Waals surface area contributed by atoms with E-state index in [0.29, 0.717) is 6.54 Å². The molecule has 1 aliphatic carbocycles. The number of aliphatic hydroxyl groups excluding tert-OH is 1. The molecule has 2 atom stereocenters. The first kappa shape index (κ1) is 14.8. The van der Waals surface area contributed by atoms with Gasteiger partial charge in [-0.3, -0.25) is 0 Å². The lowest BCUT2D eigenvalue weighted by atomic mass is 10.1. The highest BCUT2D eigenvalue weighted by atomic mass is 16.5. The summed E-state index contributed by atoms with van der Waals surface area (Å²) >= 11 is 0. The van der Waals surface area contributed by atoms with Gasteiger partial charge in [-0.05, 0) is 56.0 Å². The average Bonchev–Trinajstić information content (AvgIpc) is 3.27. The Morgan fingerprint density at radius 2 is 2.05 bits per heavy atom. The van der Waals surface area contributed by atoms with Gasteiger partial charge in [-0.2, -0.15) is 0 Å². The summed E-state index contributed by atoms with van der Waals surface area (Å²) in [5, 5.41) is 13.6. The lowest BCUT2D eigenvalue weighted by Gasteiger charge is -2.17. The Hall–Kier alpha value is -1.10. The van der Waals surface area contributed by atoms with Crippen molar-refractivity contribution in [3.05, 3.63) is 29.8 Å². The summed E-state index contributed by atoms with van der Waals surface area (Å²) in [6, 6.07) is 8.52. The molecule has 0 aromatic heterocycles. The second kappa shape index (κ2) is 6.77. The third-order valence-corrected chi connectivity index (χ3v) is 4.65. The molecule has 1 heterocycles. The van der Waals surface area contributed by atoms with E-state index in [1.165, 1.54) is 32.4 Å². The van der Waals surface area contributed by atoms with E-state index in [-0.39, 0.29) is 0 Å². The van der Waals surface area contributed by atoms with Crippen molar-refractivity contribution < 1.29 is 9.84 Å². The van der Waals surface area contributed by atoms with Crippen molar-refractivity contribution in [1.29, 1.82) is 0 Å². The summed E-state index contributed by atoms with van der Waals surface area (Å²) < 4.78 is 5.13. The molecule has 0 radical (unpaired) electrons. The number of aliphatic hydroxyl groups is 1. The monoisotopic (exact) mass is 290 g/mol. The van der Waals surface area contributed by atoms with Gasteiger partial charge in [0.25, 0.3) is 0 Å². The minimum Gasteiger partial charge on any atom is -0.497 e. The van der Waals surface area contributed by atoms with E-state index < -0.39 is 6.10 Å². The molecule has 1 saturated carbocycles. The number of nitrogens with one attached hydrogen (secondary N) is 1. The van der Waals surface area contributed by atoms with Crippen molar-refractivity contribution >= 4 is 0 Å². The minimum absolute atomic E-state index is 0.447. The van der Waals surface area contributed by atoms with E-state index in [1.54, 1.807) is 7.11 Å². The SMILES string of the molecule is COc1ccc(C(O)CNCC2CCN(C3CC3)C2)cc1. The molecular weight excluding hydrogens is 264 g/mol. The molecule has 1 aromatic rings. The fraction of sp³-hybridized carbons (Fsp3) is 0.647. The van der Waals surface area contributed by atoms with Crippen LogP contribution in [0.1, 0.15) is 30.9 Å². The molecule has 2 N–H and O–H groups in total. The van der Waals surface area contributed by atoms with Gasteiger partial charge in [-0.1, -0.05) is 12.1 Å². The zero-order valence-corrected chi connectivity index (χ0v) is 12.8. The van der Waals surface area contributed by atoms with Crippen LogP contribution >= 0.6 is 0 Å². The van der Waals surface area contributed by atoms with Gasteiger partial charge in [0.05, 0.1) is 13.2 Å². The molecule has 2 unspecified atom stereocenters. The average molecular weight is 290 g/mol. The van der Waals surface area contributed by atoms with Crippen molar-refractivity contribution in [3.63, 3.8) is 0 Å². The molecule has 4 nitrogen and oxygen atoms in total. The summed E-state index contributed by atoms with van der Waals surface area (Å²) in [6.07, 6.45) is 3.64. The van der Waals surface area contributed by atoms with Crippen molar-refractivity contribution in [1.82, 2.24) is 10.2 Å². The molecule has 116 valence electrons. The topological polar surface area (TPSA) is 44.7 Å². The Kier molecular flexibility index (Phi) is 4.78. The zero-order chi connectivity index (χ0) is 14.7. The van der Waals surface area contributed by atoms with Crippen LogP contribution in [-0.2, 0) is 0 Å². The van der Waals surface area contributed by atoms with Gasteiger partial charge in [-0.25, -0.2) is 0 Å². The van der Waals surface area contributed by atoms with Crippen LogP contribution in [0.2, 0.25) is 0 Å². The summed E-state index contributed by atoms with van der Waals surface area (Å²) in [5.41, 5.74) is 0.939. The molecule has 1 saturated heterocycles. The molecule has 2 aliphatic rings. The summed E-state index contributed by atoms with van der Waals surface area (Å²) in [5.74, 6) is 1.57. The fourth-order valence-electron chi connectivity index (χ4n) is 3.17. The molecule has 21 heavy (non-hydrogen) atoms. The Morgan fingerprint density at radius 3 is 2.71 bits per heavy atom. The van der Waals surface area contributed by atoms with Crippen LogP contribution in [0.25, 0.3) is 0 Å². The van der Waals surface area contributed by atoms with Gasteiger partial charge in [-0.15, -0.1) is 0 Å². The van der Waals surface area contributed by atoms with Crippen LogP contribution in [0.4, 0.5) is 0 Å². The van der Waals surface area contributed by atoms with Crippen LogP contribution in [0, 0.1) is 5.92 Å². The summed E-state index contributed by atoms with van der Waals surface area (Å²) in [6.45, 7) is 4.12. The van der Waals surface area contributed by atoms with E-state index in [2.05, 4.69) is 10.2 Å². The van der Waals surface area contributed by atoms with E-state index in [0.717, 1.165) is 29.8 Å². The molecule has 2 fully saturated rings. The third kappa shape index (κ3) is 3.96.